The molecule has 1 aromatic rings. The number of carbonyl (C=O) groups is 2. The lowest BCUT2D eigenvalue weighted by Gasteiger charge is -2.25. The lowest BCUT2D eigenvalue weighted by molar-refractivity contribution is -0.155. The molecule has 1 aromatic carbocycles. The average molecular weight is 382 g/mol. The van der Waals surface area contributed by atoms with E-state index < -0.39 is 36.7 Å². The maximum Gasteiger partial charge on any atom is 0.412 e. The Kier molecular flexibility index (Phi) is 5.88. The first-order valence-electron chi connectivity index (χ1n) is 7.47. The molecule has 2 amide bonds. The van der Waals surface area contributed by atoms with Gasteiger partial charge in [0.15, 0.2) is 6.04 Å². The van der Waals surface area contributed by atoms with Crippen LogP contribution in [-0.4, -0.2) is 47.9 Å². The van der Waals surface area contributed by atoms with Crippen LogP contribution in [0, 0.1) is 5.92 Å². The standard InChI is InChI=1S/C15H15F5N2O4/c16-13(17)26-10-3-1-8(2-4-10)11(15(18,19)20)21-14(25)22-6-5-9(7-22)12(23)24/h1-4,9,11,13H,5-7H2,(H,21,25)(H,23,24). The van der Waals surface area contributed by atoms with E-state index in [0.717, 1.165) is 29.2 Å². The zero-order valence-electron chi connectivity index (χ0n) is 13.2. The summed E-state index contributed by atoms with van der Waals surface area (Å²) in [4.78, 5) is 23.9. The summed E-state index contributed by atoms with van der Waals surface area (Å²) < 4.78 is 68.1. The van der Waals surface area contributed by atoms with Crippen LogP contribution >= 0.6 is 0 Å². The van der Waals surface area contributed by atoms with Crippen molar-refractivity contribution in [1.29, 1.82) is 0 Å². The van der Waals surface area contributed by atoms with Crippen molar-refractivity contribution in [2.24, 2.45) is 5.92 Å². The monoisotopic (exact) mass is 382 g/mol. The largest absolute Gasteiger partial charge is 0.481 e. The van der Waals surface area contributed by atoms with Crippen molar-refractivity contribution in [3.63, 3.8) is 0 Å². The number of ether oxygens (including phenoxy) is 1. The number of benzene rings is 1. The number of rotatable bonds is 5. The topological polar surface area (TPSA) is 78.9 Å². The number of hydrogen-bond acceptors (Lipinski definition) is 3. The Hall–Kier alpha value is -2.59. The molecule has 1 heterocycles. The van der Waals surface area contributed by atoms with E-state index in [-0.39, 0.29) is 30.8 Å². The molecule has 0 aliphatic carbocycles. The van der Waals surface area contributed by atoms with E-state index in [1.165, 1.54) is 0 Å². The molecule has 1 saturated heterocycles. The number of nitrogens with zero attached hydrogens (tertiary/aromatic N) is 1. The highest BCUT2D eigenvalue weighted by Gasteiger charge is 2.43. The number of carboxylic acids is 1. The van der Waals surface area contributed by atoms with Crippen molar-refractivity contribution in [1.82, 2.24) is 10.2 Å². The summed E-state index contributed by atoms with van der Waals surface area (Å²) in [6.45, 7) is -3.28. The Labute approximate surface area is 144 Å². The molecule has 1 aliphatic rings. The highest BCUT2D eigenvalue weighted by Crippen LogP contribution is 2.34. The van der Waals surface area contributed by atoms with Crippen molar-refractivity contribution in [3.8, 4) is 5.75 Å². The van der Waals surface area contributed by atoms with Crippen molar-refractivity contribution in [3.05, 3.63) is 29.8 Å². The molecule has 11 heteroatoms. The van der Waals surface area contributed by atoms with Gasteiger partial charge in [-0.15, -0.1) is 0 Å². The molecule has 144 valence electrons. The molecule has 2 unspecified atom stereocenters. The van der Waals surface area contributed by atoms with E-state index in [0.29, 0.717) is 0 Å². The van der Waals surface area contributed by atoms with Gasteiger partial charge in [0.2, 0.25) is 0 Å². The lowest BCUT2D eigenvalue weighted by Crippen LogP contribution is -2.45. The number of hydrogen-bond donors (Lipinski definition) is 2. The van der Waals surface area contributed by atoms with Gasteiger partial charge in [0.25, 0.3) is 0 Å². The van der Waals surface area contributed by atoms with Crippen LogP contribution in [0.1, 0.15) is 18.0 Å². The molecule has 0 saturated carbocycles. The normalized spacial score (nSPS) is 18.7. The van der Waals surface area contributed by atoms with Gasteiger partial charge >= 0.3 is 24.8 Å². The fraction of sp³-hybridized carbons (Fsp3) is 0.467. The first kappa shape index (κ1) is 19.7. The van der Waals surface area contributed by atoms with Gasteiger partial charge in [-0.3, -0.25) is 4.79 Å². The Morgan fingerprint density at radius 2 is 1.85 bits per heavy atom. The average Bonchev–Trinajstić information content (AvgIpc) is 3.02. The summed E-state index contributed by atoms with van der Waals surface area (Å²) in [5, 5.41) is 10.7. The first-order valence-corrected chi connectivity index (χ1v) is 7.47. The van der Waals surface area contributed by atoms with E-state index in [2.05, 4.69) is 4.74 Å². The van der Waals surface area contributed by atoms with Crippen LogP contribution in [0.25, 0.3) is 0 Å². The van der Waals surface area contributed by atoms with Crippen LogP contribution in [0.4, 0.5) is 26.7 Å². The van der Waals surface area contributed by atoms with Crippen LogP contribution < -0.4 is 10.1 Å². The molecule has 2 rings (SSSR count). The fourth-order valence-corrected chi connectivity index (χ4v) is 2.56. The van der Waals surface area contributed by atoms with Crippen molar-refractivity contribution >= 4 is 12.0 Å². The second kappa shape index (κ2) is 7.75. The third-order valence-electron chi connectivity index (χ3n) is 3.86. The minimum Gasteiger partial charge on any atom is -0.481 e. The highest BCUT2D eigenvalue weighted by atomic mass is 19.4. The predicted molar refractivity (Wildman–Crippen MR) is 77.7 cm³/mol. The number of halogens is 5. The van der Waals surface area contributed by atoms with Gasteiger partial charge in [0.1, 0.15) is 5.75 Å². The molecule has 2 N–H and O–H groups in total. The van der Waals surface area contributed by atoms with Crippen LogP contribution in [0.5, 0.6) is 5.75 Å². The van der Waals surface area contributed by atoms with Crippen molar-refractivity contribution in [2.45, 2.75) is 25.3 Å². The maximum atomic E-state index is 13.3. The van der Waals surface area contributed by atoms with Gasteiger partial charge in [-0.2, -0.15) is 22.0 Å². The molecule has 1 fully saturated rings. The van der Waals surface area contributed by atoms with Gasteiger partial charge in [0.05, 0.1) is 5.92 Å². The first-order chi connectivity index (χ1) is 12.1. The zero-order valence-corrected chi connectivity index (χ0v) is 13.2. The summed E-state index contributed by atoms with van der Waals surface area (Å²) in [5.41, 5.74) is -0.374. The highest BCUT2D eigenvalue weighted by molar-refractivity contribution is 5.77. The van der Waals surface area contributed by atoms with Crippen LogP contribution in [0.3, 0.4) is 0 Å². The second-order valence-corrected chi connectivity index (χ2v) is 5.64. The number of carboxylic acid groups (broad SMARTS) is 1. The Morgan fingerprint density at radius 1 is 1.23 bits per heavy atom. The molecule has 6 nitrogen and oxygen atoms in total. The minimum absolute atomic E-state index is 0.0224. The van der Waals surface area contributed by atoms with Gasteiger partial charge < -0.3 is 20.1 Å². The molecule has 0 radical (unpaired) electrons. The predicted octanol–water partition coefficient (Wildman–Crippen LogP) is 3.01. The van der Waals surface area contributed by atoms with Crippen LogP contribution in [-0.2, 0) is 4.79 Å². The van der Waals surface area contributed by atoms with Crippen LogP contribution in [0.15, 0.2) is 24.3 Å². The molecule has 0 aromatic heterocycles. The number of carbonyl (C=O) groups excluding carboxylic acids is 1. The molecule has 0 spiro atoms. The van der Waals surface area contributed by atoms with Gasteiger partial charge in [-0.25, -0.2) is 4.79 Å². The van der Waals surface area contributed by atoms with Gasteiger partial charge in [-0.05, 0) is 24.1 Å². The lowest BCUT2D eigenvalue weighted by atomic mass is 10.1. The molecule has 2 atom stereocenters. The van der Waals surface area contributed by atoms with E-state index in [4.69, 9.17) is 5.11 Å². The third-order valence-corrected chi connectivity index (χ3v) is 3.86. The summed E-state index contributed by atoms with van der Waals surface area (Å²) in [5.74, 6) is -2.27. The Bertz CT molecular complexity index is 650. The van der Waals surface area contributed by atoms with E-state index in [1.54, 1.807) is 0 Å². The maximum absolute atomic E-state index is 13.3. The smallest absolute Gasteiger partial charge is 0.412 e. The molecular formula is C15H15F5N2O4. The third kappa shape index (κ3) is 4.96. The summed E-state index contributed by atoms with van der Waals surface area (Å²) in [7, 11) is 0. The number of likely N-dealkylation sites (tertiary alicyclic amines) is 1. The number of aliphatic carboxylic acids is 1. The summed E-state index contributed by atoms with van der Waals surface area (Å²) in [6, 6.07) is 0.273. The Morgan fingerprint density at radius 3 is 2.31 bits per heavy atom. The summed E-state index contributed by atoms with van der Waals surface area (Å²) >= 11 is 0. The molecule has 26 heavy (non-hydrogen) atoms. The van der Waals surface area contributed by atoms with Gasteiger partial charge in [0, 0.05) is 13.1 Å². The van der Waals surface area contributed by atoms with Crippen molar-refractivity contribution in [2.75, 3.05) is 13.1 Å². The van der Waals surface area contributed by atoms with Gasteiger partial charge in [-0.1, -0.05) is 12.1 Å². The molecular weight excluding hydrogens is 367 g/mol. The van der Waals surface area contributed by atoms with E-state index in [9.17, 15) is 31.5 Å². The Balaban J connectivity index is 2.11. The number of nitrogens with one attached hydrogen (secondary N) is 1. The van der Waals surface area contributed by atoms with Crippen molar-refractivity contribution < 1.29 is 41.4 Å². The number of alkyl halides is 5. The summed E-state index contributed by atoms with van der Waals surface area (Å²) in [6.07, 6.45) is -4.69. The zero-order chi connectivity index (χ0) is 19.5. The molecule has 1 aliphatic heterocycles. The second-order valence-electron chi connectivity index (χ2n) is 5.64. The van der Waals surface area contributed by atoms with E-state index in [1.807, 2.05) is 5.32 Å². The number of urea groups is 1. The quantitative estimate of drug-likeness (QED) is 0.768. The minimum atomic E-state index is -4.84. The fourth-order valence-electron chi connectivity index (χ4n) is 2.56. The SMILES string of the molecule is O=C(O)C1CCN(C(=O)NC(c2ccc(OC(F)F)cc2)C(F)(F)F)C1. The number of amides is 2. The van der Waals surface area contributed by atoms with Crippen LogP contribution in [0.2, 0.25) is 0 Å². The van der Waals surface area contributed by atoms with E-state index >= 15 is 0 Å². The molecule has 0 bridgehead atoms.